The molecule has 1 saturated carbocycles. The molecule has 0 bridgehead atoms. The maximum absolute atomic E-state index is 11.7. The first-order chi connectivity index (χ1) is 9.19. The third-order valence-electron chi connectivity index (χ3n) is 3.09. The van der Waals surface area contributed by atoms with Crippen molar-refractivity contribution < 1.29 is 19.1 Å². The van der Waals surface area contributed by atoms with Crippen molar-refractivity contribution in [2.75, 3.05) is 19.8 Å². The topological polar surface area (TPSA) is 71.7 Å². The van der Waals surface area contributed by atoms with Gasteiger partial charge in [0.15, 0.2) is 5.76 Å². The highest BCUT2D eigenvalue weighted by Crippen LogP contribution is 2.28. The summed E-state index contributed by atoms with van der Waals surface area (Å²) in [6.07, 6.45) is 2.53. The number of aliphatic hydroxyl groups excluding tert-OH is 1. The van der Waals surface area contributed by atoms with Crippen LogP contribution in [0.3, 0.4) is 0 Å². The molecule has 1 unspecified atom stereocenters. The lowest BCUT2D eigenvalue weighted by Crippen LogP contribution is -2.34. The van der Waals surface area contributed by atoms with Gasteiger partial charge in [0, 0.05) is 19.6 Å². The molecule has 0 aromatic carbocycles. The summed E-state index contributed by atoms with van der Waals surface area (Å²) in [7, 11) is 0. The fraction of sp³-hybridized carbons (Fsp3) is 0.643. The van der Waals surface area contributed by atoms with Crippen molar-refractivity contribution in [3.8, 4) is 0 Å². The van der Waals surface area contributed by atoms with Crippen LogP contribution in [0, 0.1) is 5.92 Å². The van der Waals surface area contributed by atoms with Gasteiger partial charge < -0.3 is 19.6 Å². The molecule has 1 aromatic rings. The number of ether oxygens (including phenoxy) is 1. The van der Waals surface area contributed by atoms with Gasteiger partial charge in [-0.05, 0) is 30.9 Å². The summed E-state index contributed by atoms with van der Waals surface area (Å²) in [5.74, 6) is 1.43. The minimum absolute atomic E-state index is 0.172. The van der Waals surface area contributed by atoms with Crippen molar-refractivity contribution >= 4 is 5.91 Å². The van der Waals surface area contributed by atoms with E-state index in [2.05, 4.69) is 5.32 Å². The summed E-state index contributed by atoms with van der Waals surface area (Å²) in [4.78, 5) is 11.7. The zero-order valence-electron chi connectivity index (χ0n) is 11.2. The van der Waals surface area contributed by atoms with Gasteiger partial charge in [0.2, 0.25) is 0 Å². The van der Waals surface area contributed by atoms with Crippen molar-refractivity contribution in [2.45, 2.75) is 32.3 Å². The van der Waals surface area contributed by atoms with Crippen molar-refractivity contribution in [1.29, 1.82) is 0 Å². The first-order valence-corrected chi connectivity index (χ1v) is 6.81. The van der Waals surface area contributed by atoms with E-state index >= 15 is 0 Å². The van der Waals surface area contributed by atoms with E-state index in [1.807, 2.05) is 6.92 Å². The Hall–Kier alpha value is -1.33. The summed E-state index contributed by atoms with van der Waals surface area (Å²) in [5, 5.41) is 12.3. The number of amides is 1. The Balaban J connectivity index is 1.64. The molecule has 106 valence electrons. The molecule has 2 N–H and O–H groups in total. The van der Waals surface area contributed by atoms with E-state index in [0.717, 1.165) is 12.2 Å². The normalized spacial score (nSPS) is 16.3. The molecule has 0 saturated heterocycles. The van der Waals surface area contributed by atoms with E-state index in [1.165, 1.54) is 12.8 Å². The molecule has 5 nitrogen and oxygen atoms in total. The lowest BCUT2D eigenvalue weighted by atomic mass is 10.3. The smallest absolute Gasteiger partial charge is 0.287 e. The first-order valence-electron chi connectivity index (χ1n) is 6.81. The molecule has 0 aliphatic heterocycles. The van der Waals surface area contributed by atoms with Gasteiger partial charge in [-0.25, -0.2) is 0 Å². The van der Waals surface area contributed by atoms with Gasteiger partial charge in [-0.15, -0.1) is 0 Å². The molecule has 5 heteroatoms. The Labute approximate surface area is 112 Å². The molecular weight excluding hydrogens is 246 g/mol. The Morgan fingerprint density at radius 1 is 1.58 bits per heavy atom. The summed E-state index contributed by atoms with van der Waals surface area (Å²) in [5.41, 5.74) is 0. The highest BCUT2D eigenvalue weighted by atomic mass is 16.5. The second-order valence-electron chi connectivity index (χ2n) is 4.96. The number of hydrogen-bond donors (Lipinski definition) is 2. The molecule has 0 spiro atoms. The van der Waals surface area contributed by atoms with E-state index in [9.17, 15) is 9.90 Å². The van der Waals surface area contributed by atoms with Crippen LogP contribution in [-0.4, -0.2) is 36.9 Å². The standard InChI is InChI=1S/C14H21NO4/c1-2-12-5-6-13(19-12)14(17)15-7-11(16)9-18-8-10-3-4-10/h5-6,10-11,16H,2-4,7-9H2,1H3,(H,15,17). The van der Waals surface area contributed by atoms with Crippen molar-refractivity contribution in [2.24, 2.45) is 5.92 Å². The molecular formula is C14H21NO4. The van der Waals surface area contributed by atoms with Crippen LogP contribution < -0.4 is 5.32 Å². The Kier molecular flexibility index (Phi) is 4.99. The third kappa shape index (κ3) is 4.69. The largest absolute Gasteiger partial charge is 0.456 e. The van der Waals surface area contributed by atoms with Crippen LogP contribution in [0.25, 0.3) is 0 Å². The quantitative estimate of drug-likeness (QED) is 0.746. The predicted molar refractivity (Wildman–Crippen MR) is 70.0 cm³/mol. The van der Waals surface area contributed by atoms with Crippen LogP contribution in [-0.2, 0) is 11.2 Å². The average Bonchev–Trinajstić information content (AvgIpc) is 3.10. The van der Waals surface area contributed by atoms with Crippen LogP contribution in [0.2, 0.25) is 0 Å². The van der Waals surface area contributed by atoms with Crippen LogP contribution in [0.5, 0.6) is 0 Å². The maximum Gasteiger partial charge on any atom is 0.287 e. The molecule has 1 amide bonds. The van der Waals surface area contributed by atoms with Crippen LogP contribution in [0.4, 0.5) is 0 Å². The van der Waals surface area contributed by atoms with Gasteiger partial charge in [-0.1, -0.05) is 6.92 Å². The molecule has 2 rings (SSSR count). The summed E-state index contributed by atoms with van der Waals surface area (Å²) >= 11 is 0. The average molecular weight is 267 g/mol. The van der Waals surface area contributed by atoms with E-state index < -0.39 is 6.10 Å². The summed E-state index contributed by atoms with van der Waals surface area (Å²) in [6, 6.07) is 3.42. The van der Waals surface area contributed by atoms with E-state index in [4.69, 9.17) is 9.15 Å². The number of aliphatic hydroxyl groups is 1. The second kappa shape index (κ2) is 6.73. The van der Waals surface area contributed by atoms with E-state index in [-0.39, 0.29) is 24.8 Å². The third-order valence-corrected chi connectivity index (χ3v) is 3.09. The number of carbonyl (C=O) groups excluding carboxylic acids is 1. The SMILES string of the molecule is CCc1ccc(C(=O)NCC(O)COCC2CC2)o1. The zero-order valence-corrected chi connectivity index (χ0v) is 11.2. The van der Waals surface area contributed by atoms with E-state index in [0.29, 0.717) is 12.5 Å². The lowest BCUT2D eigenvalue weighted by molar-refractivity contribution is 0.0318. The molecule has 1 aromatic heterocycles. The summed E-state index contributed by atoms with van der Waals surface area (Å²) in [6.45, 7) is 3.10. The van der Waals surface area contributed by atoms with Gasteiger partial charge in [-0.2, -0.15) is 0 Å². The van der Waals surface area contributed by atoms with Gasteiger partial charge in [0.1, 0.15) is 5.76 Å². The fourth-order valence-corrected chi connectivity index (χ4v) is 1.70. The van der Waals surface area contributed by atoms with Gasteiger partial charge in [-0.3, -0.25) is 4.79 Å². The predicted octanol–water partition coefficient (Wildman–Crippen LogP) is 1.36. The highest BCUT2D eigenvalue weighted by molar-refractivity contribution is 5.91. The zero-order chi connectivity index (χ0) is 13.7. The number of rotatable bonds is 8. The van der Waals surface area contributed by atoms with Crippen molar-refractivity contribution in [1.82, 2.24) is 5.32 Å². The Morgan fingerprint density at radius 2 is 2.37 bits per heavy atom. The fourth-order valence-electron chi connectivity index (χ4n) is 1.70. The van der Waals surface area contributed by atoms with Crippen molar-refractivity contribution in [3.05, 3.63) is 23.7 Å². The summed E-state index contributed by atoms with van der Waals surface area (Å²) < 4.78 is 10.7. The highest BCUT2D eigenvalue weighted by Gasteiger charge is 2.21. The molecule has 1 aliphatic rings. The van der Waals surface area contributed by atoms with Crippen molar-refractivity contribution in [3.63, 3.8) is 0 Å². The van der Waals surface area contributed by atoms with E-state index in [1.54, 1.807) is 12.1 Å². The molecule has 0 radical (unpaired) electrons. The molecule has 19 heavy (non-hydrogen) atoms. The Morgan fingerprint density at radius 3 is 3.00 bits per heavy atom. The van der Waals surface area contributed by atoms with Gasteiger partial charge >= 0.3 is 0 Å². The minimum atomic E-state index is -0.677. The first kappa shape index (κ1) is 14.1. The number of carbonyl (C=O) groups is 1. The Bertz CT molecular complexity index is 411. The van der Waals surface area contributed by atoms with Crippen LogP contribution >= 0.6 is 0 Å². The monoisotopic (exact) mass is 267 g/mol. The second-order valence-corrected chi connectivity index (χ2v) is 4.96. The van der Waals surface area contributed by atoms with Crippen LogP contribution in [0.1, 0.15) is 36.1 Å². The molecule has 1 fully saturated rings. The number of hydrogen-bond acceptors (Lipinski definition) is 4. The number of furan rings is 1. The van der Waals surface area contributed by atoms with Gasteiger partial charge in [0.05, 0.1) is 12.7 Å². The molecule has 1 aliphatic carbocycles. The number of aryl methyl sites for hydroxylation is 1. The molecule has 1 heterocycles. The number of nitrogens with one attached hydrogen (secondary N) is 1. The van der Waals surface area contributed by atoms with Gasteiger partial charge in [0.25, 0.3) is 5.91 Å². The maximum atomic E-state index is 11.7. The van der Waals surface area contributed by atoms with Crippen LogP contribution in [0.15, 0.2) is 16.5 Å². The lowest BCUT2D eigenvalue weighted by Gasteiger charge is -2.11. The minimum Gasteiger partial charge on any atom is -0.456 e. The molecule has 1 atom stereocenters.